The minimum Gasteiger partial charge on any atom is -0.465 e. The minimum atomic E-state index is -0.468. The van der Waals surface area contributed by atoms with Gasteiger partial charge in [-0.2, -0.15) is 0 Å². The summed E-state index contributed by atoms with van der Waals surface area (Å²) in [5.74, 6) is -0.420. The molecule has 1 saturated heterocycles. The van der Waals surface area contributed by atoms with E-state index in [0.717, 1.165) is 0 Å². The largest absolute Gasteiger partial charge is 0.465 e. The van der Waals surface area contributed by atoms with E-state index in [1.165, 1.54) is 7.11 Å². The fourth-order valence-electron chi connectivity index (χ4n) is 1.65. The third kappa shape index (κ3) is 2.68. The molecule has 1 aliphatic rings. The molecule has 1 fully saturated rings. The lowest BCUT2D eigenvalue weighted by atomic mass is 10.0. The second-order valence-electron chi connectivity index (χ2n) is 3.37. The van der Waals surface area contributed by atoms with E-state index in [2.05, 4.69) is 10.1 Å². The van der Waals surface area contributed by atoms with E-state index in [1.54, 1.807) is 24.3 Å². The highest BCUT2D eigenvalue weighted by atomic mass is 35.5. The Bertz CT molecular complexity index is 435. The Labute approximate surface area is 105 Å². The third-order valence-electron chi connectivity index (χ3n) is 2.41. The molecule has 1 N–H and O–H groups in total. The van der Waals surface area contributed by atoms with E-state index in [9.17, 15) is 9.59 Å². The van der Waals surface area contributed by atoms with Gasteiger partial charge in [0, 0.05) is 0 Å². The van der Waals surface area contributed by atoms with Crippen LogP contribution in [0.4, 0.5) is 4.79 Å². The standard InChI is InChI=1S/C11H11NO4.ClH/c1-15-10(13)8-5-3-2-4-7(8)9-6-16-11(14)12-9;/h2-5,9H,6H2,1H3,(H,12,14);1H/t9-;/m0./s1. The van der Waals surface area contributed by atoms with Gasteiger partial charge in [0.2, 0.25) is 0 Å². The number of esters is 1. The third-order valence-corrected chi connectivity index (χ3v) is 2.41. The van der Waals surface area contributed by atoms with Crippen LogP contribution in [0.1, 0.15) is 22.0 Å². The number of carbonyl (C=O) groups excluding carboxylic acids is 2. The molecule has 92 valence electrons. The van der Waals surface area contributed by atoms with Crippen LogP contribution in [0.15, 0.2) is 24.3 Å². The first kappa shape index (κ1) is 13.3. The molecule has 1 aromatic carbocycles. The van der Waals surface area contributed by atoms with Crippen molar-refractivity contribution < 1.29 is 19.1 Å². The van der Waals surface area contributed by atoms with Gasteiger partial charge in [-0.1, -0.05) is 18.2 Å². The first-order valence-electron chi connectivity index (χ1n) is 4.83. The van der Waals surface area contributed by atoms with Gasteiger partial charge in [-0.25, -0.2) is 9.59 Å². The first-order valence-corrected chi connectivity index (χ1v) is 4.83. The molecule has 1 heterocycles. The van der Waals surface area contributed by atoms with Crippen molar-refractivity contribution in [1.29, 1.82) is 0 Å². The molecule has 1 aromatic rings. The van der Waals surface area contributed by atoms with Crippen molar-refractivity contribution in [2.24, 2.45) is 0 Å². The number of methoxy groups -OCH3 is 1. The van der Waals surface area contributed by atoms with E-state index in [1.807, 2.05) is 0 Å². The molecule has 2 rings (SSSR count). The Morgan fingerprint density at radius 3 is 2.76 bits per heavy atom. The SMILES string of the molecule is COC(=O)c1ccccc1[C@@H]1COC(=O)N1.Cl. The lowest BCUT2D eigenvalue weighted by Crippen LogP contribution is -2.21. The van der Waals surface area contributed by atoms with Crippen LogP contribution in [-0.2, 0) is 9.47 Å². The Balaban J connectivity index is 0.00000144. The smallest absolute Gasteiger partial charge is 0.407 e. The Morgan fingerprint density at radius 1 is 1.47 bits per heavy atom. The maximum Gasteiger partial charge on any atom is 0.407 e. The molecule has 17 heavy (non-hydrogen) atoms. The zero-order valence-corrected chi connectivity index (χ0v) is 9.95. The molecular formula is C11H12ClNO4. The van der Waals surface area contributed by atoms with Crippen LogP contribution < -0.4 is 5.32 Å². The van der Waals surface area contributed by atoms with Gasteiger partial charge in [-0.3, -0.25) is 0 Å². The molecule has 0 unspecified atom stereocenters. The maximum absolute atomic E-state index is 11.5. The molecular weight excluding hydrogens is 246 g/mol. The normalized spacial score (nSPS) is 17.7. The zero-order valence-electron chi connectivity index (χ0n) is 9.14. The number of hydrogen-bond acceptors (Lipinski definition) is 4. The summed E-state index contributed by atoms with van der Waals surface area (Å²) < 4.78 is 9.46. The number of amides is 1. The minimum absolute atomic E-state index is 0. The van der Waals surface area contributed by atoms with Gasteiger partial charge in [0.05, 0.1) is 18.7 Å². The number of carbonyl (C=O) groups is 2. The number of ether oxygens (including phenoxy) is 2. The summed E-state index contributed by atoms with van der Waals surface area (Å²) in [6, 6.07) is 6.68. The maximum atomic E-state index is 11.5. The fourth-order valence-corrected chi connectivity index (χ4v) is 1.65. The van der Waals surface area contributed by atoms with Gasteiger partial charge in [-0.05, 0) is 11.6 Å². The summed E-state index contributed by atoms with van der Waals surface area (Å²) >= 11 is 0. The highest BCUT2D eigenvalue weighted by Crippen LogP contribution is 2.22. The molecule has 0 aliphatic carbocycles. The van der Waals surface area contributed by atoms with Crippen LogP contribution in [0.3, 0.4) is 0 Å². The van der Waals surface area contributed by atoms with E-state index in [-0.39, 0.29) is 25.1 Å². The summed E-state index contributed by atoms with van der Waals surface area (Å²) in [6.45, 7) is 0.229. The Kier molecular flexibility index (Phi) is 4.34. The number of nitrogens with one attached hydrogen (secondary N) is 1. The van der Waals surface area contributed by atoms with Crippen molar-refractivity contribution >= 4 is 24.5 Å². The number of alkyl carbamates (subject to hydrolysis) is 1. The van der Waals surface area contributed by atoms with E-state index < -0.39 is 12.1 Å². The molecule has 1 atom stereocenters. The predicted octanol–water partition coefficient (Wildman–Crippen LogP) is 1.68. The predicted molar refractivity (Wildman–Crippen MR) is 62.3 cm³/mol. The molecule has 0 spiro atoms. The van der Waals surface area contributed by atoms with Crippen molar-refractivity contribution in [1.82, 2.24) is 5.32 Å². The number of halogens is 1. The summed E-state index contributed by atoms with van der Waals surface area (Å²) in [6.07, 6.45) is -0.468. The van der Waals surface area contributed by atoms with Crippen LogP contribution >= 0.6 is 12.4 Å². The van der Waals surface area contributed by atoms with Crippen LogP contribution in [-0.4, -0.2) is 25.8 Å². The summed E-state index contributed by atoms with van der Waals surface area (Å²) in [7, 11) is 1.32. The van der Waals surface area contributed by atoms with Gasteiger partial charge >= 0.3 is 12.1 Å². The second-order valence-corrected chi connectivity index (χ2v) is 3.37. The monoisotopic (exact) mass is 257 g/mol. The van der Waals surface area contributed by atoms with Gasteiger partial charge < -0.3 is 14.8 Å². The van der Waals surface area contributed by atoms with Crippen LogP contribution in [0.2, 0.25) is 0 Å². The van der Waals surface area contributed by atoms with E-state index in [0.29, 0.717) is 11.1 Å². The lowest BCUT2D eigenvalue weighted by Gasteiger charge is -2.11. The van der Waals surface area contributed by atoms with Crippen molar-refractivity contribution in [3.05, 3.63) is 35.4 Å². The summed E-state index contributed by atoms with van der Waals surface area (Å²) in [5, 5.41) is 2.62. The van der Waals surface area contributed by atoms with Crippen LogP contribution in [0.25, 0.3) is 0 Å². The second kappa shape index (κ2) is 5.54. The average Bonchev–Trinajstić information content (AvgIpc) is 2.75. The highest BCUT2D eigenvalue weighted by molar-refractivity contribution is 5.91. The van der Waals surface area contributed by atoms with Crippen molar-refractivity contribution in [3.63, 3.8) is 0 Å². The summed E-state index contributed by atoms with van der Waals surface area (Å²) in [5.41, 5.74) is 1.15. The molecule has 0 saturated carbocycles. The number of benzene rings is 1. The highest BCUT2D eigenvalue weighted by Gasteiger charge is 2.27. The number of rotatable bonds is 2. The van der Waals surface area contributed by atoms with Gasteiger partial charge in [0.15, 0.2) is 0 Å². The van der Waals surface area contributed by atoms with E-state index >= 15 is 0 Å². The number of hydrogen-bond donors (Lipinski definition) is 1. The average molecular weight is 258 g/mol. The van der Waals surface area contributed by atoms with Crippen molar-refractivity contribution in [2.75, 3.05) is 13.7 Å². The topological polar surface area (TPSA) is 64.6 Å². The first-order chi connectivity index (χ1) is 7.72. The van der Waals surface area contributed by atoms with Crippen molar-refractivity contribution in [3.8, 4) is 0 Å². The number of cyclic esters (lactones) is 1. The molecule has 1 amide bonds. The van der Waals surface area contributed by atoms with E-state index in [4.69, 9.17) is 4.74 Å². The van der Waals surface area contributed by atoms with Gasteiger partial charge in [-0.15, -0.1) is 12.4 Å². The quantitative estimate of drug-likeness (QED) is 0.819. The van der Waals surface area contributed by atoms with Crippen LogP contribution in [0, 0.1) is 0 Å². The van der Waals surface area contributed by atoms with Crippen LogP contribution in [0.5, 0.6) is 0 Å². The molecule has 0 radical (unpaired) electrons. The summed E-state index contributed by atoms with van der Waals surface area (Å²) in [4.78, 5) is 22.4. The van der Waals surface area contributed by atoms with Gasteiger partial charge in [0.1, 0.15) is 6.61 Å². The van der Waals surface area contributed by atoms with Gasteiger partial charge in [0.25, 0.3) is 0 Å². The Morgan fingerprint density at radius 2 is 2.18 bits per heavy atom. The fraction of sp³-hybridized carbons (Fsp3) is 0.273. The lowest BCUT2D eigenvalue weighted by molar-refractivity contribution is 0.0598. The molecule has 5 nitrogen and oxygen atoms in total. The molecule has 0 aromatic heterocycles. The molecule has 1 aliphatic heterocycles. The Hall–Kier alpha value is -1.75. The zero-order chi connectivity index (χ0) is 11.5. The molecule has 6 heteroatoms. The van der Waals surface area contributed by atoms with Crippen molar-refractivity contribution in [2.45, 2.75) is 6.04 Å². The molecule has 0 bridgehead atoms.